The van der Waals surface area contributed by atoms with Crippen molar-refractivity contribution in [2.45, 2.75) is 32.3 Å². The minimum atomic E-state index is -0.681. The lowest BCUT2D eigenvalue weighted by atomic mass is 9.75. The lowest BCUT2D eigenvalue weighted by Crippen LogP contribution is -2.47. The summed E-state index contributed by atoms with van der Waals surface area (Å²) in [6, 6.07) is 8.03. The Balaban J connectivity index is 1.79. The van der Waals surface area contributed by atoms with E-state index in [1.54, 1.807) is 31.2 Å². The third-order valence-electron chi connectivity index (χ3n) is 4.71. The highest BCUT2D eigenvalue weighted by atomic mass is 19.1. The molecule has 140 valence electrons. The molecule has 6 nitrogen and oxygen atoms in total. The molecule has 0 spiro atoms. The fourth-order valence-electron chi connectivity index (χ4n) is 3.20. The summed E-state index contributed by atoms with van der Waals surface area (Å²) in [6.07, 6.45) is 0.834. The molecule has 0 aliphatic carbocycles. The number of carbonyl (C=O) groups excluding carboxylic acids is 1. The van der Waals surface area contributed by atoms with Gasteiger partial charge in [-0.1, -0.05) is 17.3 Å². The Morgan fingerprint density at radius 3 is 2.81 bits per heavy atom. The largest absolute Gasteiger partial charge is 0.392 e. The van der Waals surface area contributed by atoms with Gasteiger partial charge in [-0.05, 0) is 31.9 Å². The minimum absolute atomic E-state index is 0.134. The fourth-order valence-corrected chi connectivity index (χ4v) is 3.20. The van der Waals surface area contributed by atoms with Crippen LogP contribution in [0, 0.1) is 11.2 Å². The van der Waals surface area contributed by atoms with Gasteiger partial charge in [0.25, 0.3) is 0 Å². The van der Waals surface area contributed by atoms with Crippen molar-refractivity contribution in [3.63, 3.8) is 0 Å². The number of ether oxygens (including phenoxy) is 1. The summed E-state index contributed by atoms with van der Waals surface area (Å²) in [5.41, 5.74) is 0.0888. The first kappa shape index (κ1) is 18.5. The summed E-state index contributed by atoms with van der Waals surface area (Å²) in [6.45, 7) is 2.78. The molecule has 1 aliphatic heterocycles. The van der Waals surface area contributed by atoms with E-state index in [4.69, 9.17) is 9.26 Å². The number of halogens is 1. The van der Waals surface area contributed by atoms with Crippen LogP contribution < -0.4 is 5.32 Å². The van der Waals surface area contributed by atoms with Gasteiger partial charge in [0, 0.05) is 37.8 Å². The van der Waals surface area contributed by atoms with Crippen LogP contribution in [0.15, 0.2) is 34.9 Å². The summed E-state index contributed by atoms with van der Waals surface area (Å²) in [4.78, 5) is 12.8. The van der Waals surface area contributed by atoms with Gasteiger partial charge in [-0.15, -0.1) is 0 Å². The van der Waals surface area contributed by atoms with Gasteiger partial charge in [-0.3, -0.25) is 4.79 Å². The molecule has 26 heavy (non-hydrogen) atoms. The number of hydrogen-bond donors (Lipinski definition) is 2. The van der Waals surface area contributed by atoms with Crippen molar-refractivity contribution in [3.8, 4) is 11.3 Å². The van der Waals surface area contributed by atoms with Crippen LogP contribution in [0.4, 0.5) is 4.39 Å². The molecule has 1 aliphatic rings. The second kappa shape index (κ2) is 7.97. The SMILES string of the molecule is CC(O)CNC(=O)C1(Cc2cc(-c3ccccc3F)no2)CCOCC1. The van der Waals surface area contributed by atoms with Gasteiger partial charge in [-0.2, -0.15) is 0 Å². The van der Waals surface area contributed by atoms with Crippen LogP contribution >= 0.6 is 0 Å². The highest BCUT2D eigenvalue weighted by Crippen LogP contribution is 2.36. The van der Waals surface area contributed by atoms with Gasteiger partial charge in [0.1, 0.15) is 17.3 Å². The van der Waals surface area contributed by atoms with Crippen molar-refractivity contribution in [2.75, 3.05) is 19.8 Å². The van der Waals surface area contributed by atoms with E-state index in [0.29, 0.717) is 49.5 Å². The maximum Gasteiger partial charge on any atom is 0.226 e. The highest BCUT2D eigenvalue weighted by Gasteiger charge is 2.41. The van der Waals surface area contributed by atoms with Gasteiger partial charge in [0.2, 0.25) is 5.91 Å². The van der Waals surface area contributed by atoms with Crippen LogP contribution in [0.5, 0.6) is 0 Å². The lowest BCUT2D eigenvalue weighted by Gasteiger charge is -2.35. The number of hydrogen-bond acceptors (Lipinski definition) is 5. The van der Waals surface area contributed by atoms with Crippen LogP contribution in [-0.4, -0.2) is 42.0 Å². The van der Waals surface area contributed by atoms with Crippen molar-refractivity contribution in [2.24, 2.45) is 5.41 Å². The number of amides is 1. The Bertz CT molecular complexity index is 754. The van der Waals surface area contributed by atoms with Crippen LogP contribution in [0.1, 0.15) is 25.5 Å². The van der Waals surface area contributed by atoms with Crippen LogP contribution in [0.2, 0.25) is 0 Å². The first-order valence-electron chi connectivity index (χ1n) is 8.75. The van der Waals surface area contributed by atoms with E-state index in [0.717, 1.165) is 0 Å². The second-order valence-electron chi connectivity index (χ2n) is 6.79. The van der Waals surface area contributed by atoms with E-state index in [9.17, 15) is 14.3 Å². The van der Waals surface area contributed by atoms with E-state index in [1.165, 1.54) is 6.07 Å². The zero-order chi connectivity index (χ0) is 18.6. The van der Waals surface area contributed by atoms with Crippen molar-refractivity contribution in [1.29, 1.82) is 0 Å². The Morgan fingerprint density at radius 1 is 1.38 bits per heavy atom. The maximum absolute atomic E-state index is 13.9. The lowest BCUT2D eigenvalue weighted by molar-refractivity contribution is -0.137. The van der Waals surface area contributed by atoms with Crippen LogP contribution in [0.3, 0.4) is 0 Å². The molecule has 0 bridgehead atoms. The Kier molecular flexibility index (Phi) is 5.68. The molecule has 0 radical (unpaired) electrons. The molecule has 1 aromatic carbocycles. The van der Waals surface area contributed by atoms with E-state index in [1.807, 2.05) is 0 Å². The second-order valence-corrected chi connectivity index (χ2v) is 6.79. The standard InChI is InChI=1S/C19H23FN2O4/c1-13(23)12-21-18(24)19(6-8-25-9-7-19)11-14-10-17(22-26-14)15-4-2-3-5-16(15)20/h2-5,10,13,23H,6-9,11-12H2,1H3,(H,21,24). The van der Waals surface area contributed by atoms with Gasteiger partial charge < -0.3 is 19.7 Å². The monoisotopic (exact) mass is 362 g/mol. The van der Waals surface area contributed by atoms with Gasteiger partial charge in [0.05, 0.1) is 11.5 Å². The summed E-state index contributed by atoms with van der Waals surface area (Å²) < 4.78 is 24.7. The number of carbonyl (C=O) groups is 1. The van der Waals surface area contributed by atoms with Crippen molar-refractivity contribution in [1.82, 2.24) is 10.5 Å². The number of nitrogens with one attached hydrogen (secondary N) is 1. The molecule has 1 saturated heterocycles. The van der Waals surface area contributed by atoms with E-state index >= 15 is 0 Å². The topological polar surface area (TPSA) is 84.6 Å². The van der Waals surface area contributed by atoms with Crippen molar-refractivity contribution >= 4 is 5.91 Å². The Morgan fingerprint density at radius 2 is 2.12 bits per heavy atom. The van der Waals surface area contributed by atoms with Gasteiger partial charge in [0.15, 0.2) is 0 Å². The zero-order valence-corrected chi connectivity index (χ0v) is 14.7. The molecule has 1 unspecified atom stereocenters. The summed E-state index contributed by atoms with van der Waals surface area (Å²) in [7, 11) is 0. The van der Waals surface area contributed by atoms with E-state index < -0.39 is 11.5 Å². The molecule has 1 fully saturated rings. The highest BCUT2D eigenvalue weighted by molar-refractivity contribution is 5.83. The van der Waals surface area contributed by atoms with Crippen molar-refractivity contribution in [3.05, 3.63) is 41.9 Å². The van der Waals surface area contributed by atoms with Crippen LogP contribution in [0.25, 0.3) is 11.3 Å². The average Bonchev–Trinajstić information content (AvgIpc) is 3.08. The maximum atomic E-state index is 13.9. The van der Waals surface area contributed by atoms with Gasteiger partial charge in [-0.25, -0.2) is 4.39 Å². The van der Waals surface area contributed by atoms with Gasteiger partial charge >= 0.3 is 0 Å². The van der Waals surface area contributed by atoms with Crippen molar-refractivity contribution < 1.29 is 23.6 Å². The fraction of sp³-hybridized carbons (Fsp3) is 0.474. The Hall–Kier alpha value is -2.25. The molecule has 1 atom stereocenters. The number of aliphatic hydroxyl groups is 1. The number of rotatable bonds is 6. The molecule has 2 aromatic rings. The van der Waals surface area contributed by atoms with E-state index in [2.05, 4.69) is 10.5 Å². The normalized spacial score (nSPS) is 17.7. The molecule has 7 heteroatoms. The Labute approximate surface area is 151 Å². The third kappa shape index (κ3) is 4.11. The molecular weight excluding hydrogens is 339 g/mol. The number of aliphatic hydroxyl groups excluding tert-OH is 1. The molecular formula is C19H23FN2O4. The van der Waals surface area contributed by atoms with Crippen LogP contribution in [-0.2, 0) is 16.0 Å². The molecule has 2 heterocycles. The third-order valence-corrected chi connectivity index (χ3v) is 4.71. The molecule has 2 N–H and O–H groups in total. The average molecular weight is 362 g/mol. The summed E-state index contributed by atoms with van der Waals surface area (Å²) in [5, 5.41) is 16.2. The zero-order valence-electron chi connectivity index (χ0n) is 14.7. The molecule has 0 saturated carbocycles. The predicted octanol–water partition coefficient (Wildman–Crippen LogP) is 2.32. The first-order chi connectivity index (χ1) is 12.5. The predicted molar refractivity (Wildman–Crippen MR) is 92.8 cm³/mol. The number of benzene rings is 1. The smallest absolute Gasteiger partial charge is 0.226 e. The van der Waals surface area contributed by atoms with E-state index in [-0.39, 0.29) is 18.3 Å². The molecule has 3 rings (SSSR count). The molecule has 1 amide bonds. The summed E-state index contributed by atoms with van der Waals surface area (Å²) in [5.74, 6) is 0.0192. The first-order valence-corrected chi connectivity index (χ1v) is 8.75. The quantitative estimate of drug-likeness (QED) is 0.824. The number of nitrogens with zero attached hydrogens (tertiary/aromatic N) is 1. The number of aromatic nitrogens is 1. The summed E-state index contributed by atoms with van der Waals surface area (Å²) >= 11 is 0. The minimum Gasteiger partial charge on any atom is -0.392 e. The molecule has 1 aromatic heterocycles.